The summed E-state index contributed by atoms with van der Waals surface area (Å²) >= 11 is 0. The van der Waals surface area contributed by atoms with Crippen molar-refractivity contribution in [2.45, 2.75) is 0 Å². The van der Waals surface area contributed by atoms with Crippen LogP contribution in [0.25, 0.3) is 0 Å². The van der Waals surface area contributed by atoms with E-state index in [1.807, 2.05) is 66.8 Å². The van der Waals surface area contributed by atoms with Crippen LogP contribution < -0.4 is 9.80 Å². The molecular formula is C36H24N2O4. The Morgan fingerprint density at radius 2 is 1.21 bits per heavy atom. The zero-order chi connectivity index (χ0) is 28.3. The fourth-order valence-corrected chi connectivity index (χ4v) is 8.27. The minimum atomic E-state index is -0.512. The van der Waals surface area contributed by atoms with E-state index in [0.29, 0.717) is 22.5 Å². The van der Waals surface area contributed by atoms with E-state index >= 15 is 0 Å². The molecule has 6 nitrogen and oxygen atoms in total. The number of piperidine rings is 1. The van der Waals surface area contributed by atoms with Crippen LogP contribution in [0.1, 0.15) is 0 Å². The Hall–Kier alpha value is -5.10. The number of nitrogens with zero attached hydrogens (tertiary/aromatic N) is 2. The highest BCUT2D eigenvalue weighted by Crippen LogP contribution is 2.60. The molecule has 0 bridgehead atoms. The van der Waals surface area contributed by atoms with Gasteiger partial charge < -0.3 is 0 Å². The molecule has 2 heterocycles. The van der Waals surface area contributed by atoms with E-state index in [0.717, 1.165) is 22.3 Å². The molecule has 1 saturated heterocycles. The molecule has 0 spiro atoms. The number of hydrogen-bond acceptors (Lipinski definition) is 4. The molecule has 6 heteroatoms. The summed E-state index contributed by atoms with van der Waals surface area (Å²) in [6.07, 6.45) is 16.0. The van der Waals surface area contributed by atoms with Crippen molar-refractivity contribution < 1.29 is 19.2 Å². The lowest BCUT2D eigenvalue weighted by atomic mass is 9.52. The molecule has 1 fully saturated rings. The summed E-state index contributed by atoms with van der Waals surface area (Å²) in [5.74, 6) is -2.55. The predicted octanol–water partition coefficient (Wildman–Crippen LogP) is 5.01. The lowest BCUT2D eigenvalue weighted by molar-refractivity contribution is -0.130. The number of fused-ring (bicyclic) bond motifs is 2. The summed E-state index contributed by atoms with van der Waals surface area (Å²) in [6, 6.07) is 18.2. The van der Waals surface area contributed by atoms with Crippen LogP contribution in [0.15, 0.2) is 143 Å². The first-order chi connectivity index (χ1) is 20.5. The molecule has 0 saturated carbocycles. The number of amides is 4. The van der Waals surface area contributed by atoms with Crippen LogP contribution in [-0.2, 0) is 19.2 Å². The SMILES string of the molecule is O=C1C2=C3C(C=CC4C5=CC=C6C(=O)N(c7ccccc7)C(=O)C7C=CC(=C5C67)C(C=C2)C34)C(=O)N1c1ccccc1. The van der Waals surface area contributed by atoms with Crippen LogP contribution in [0.4, 0.5) is 11.4 Å². The van der Waals surface area contributed by atoms with Crippen molar-refractivity contribution in [2.75, 3.05) is 9.80 Å². The third-order valence-corrected chi connectivity index (χ3v) is 9.94. The van der Waals surface area contributed by atoms with Crippen molar-refractivity contribution in [1.82, 2.24) is 0 Å². The van der Waals surface area contributed by atoms with Crippen molar-refractivity contribution in [3.05, 3.63) is 143 Å². The number of carbonyl (C=O) groups is 4. The second kappa shape index (κ2) is 8.23. The number of para-hydroxylation sites is 2. The maximum Gasteiger partial charge on any atom is 0.265 e. The Labute approximate surface area is 242 Å². The maximum absolute atomic E-state index is 13.8. The second-order valence-corrected chi connectivity index (χ2v) is 11.8. The Morgan fingerprint density at radius 3 is 1.93 bits per heavy atom. The number of hydrogen-bond donors (Lipinski definition) is 0. The van der Waals surface area contributed by atoms with Crippen molar-refractivity contribution in [1.29, 1.82) is 0 Å². The van der Waals surface area contributed by atoms with Gasteiger partial charge in [0, 0.05) is 34.8 Å². The molecule has 2 aliphatic heterocycles. The molecule has 0 N–H and O–H groups in total. The van der Waals surface area contributed by atoms with Gasteiger partial charge in [-0.3, -0.25) is 19.2 Å². The minimum absolute atomic E-state index is 0.0638. The van der Waals surface area contributed by atoms with Gasteiger partial charge in [-0.25, -0.2) is 9.80 Å². The summed E-state index contributed by atoms with van der Waals surface area (Å²) in [4.78, 5) is 57.9. The van der Waals surface area contributed by atoms with E-state index in [4.69, 9.17) is 0 Å². The Morgan fingerprint density at radius 1 is 0.571 bits per heavy atom. The lowest BCUT2D eigenvalue weighted by Gasteiger charge is -2.53. The Bertz CT molecular complexity index is 1890. The first-order valence-corrected chi connectivity index (χ1v) is 14.4. The average Bonchev–Trinajstić information content (AvgIpc) is 3.03. The van der Waals surface area contributed by atoms with Crippen LogP contribution in [-0.4, -0.2) is 23.6 Å². The van der Waals surface area contributed by atoms with Crippen molar-refractivity contribution in [3.63, 3.8) is 0 Å². The van der Waals surface area contributed by atoms with Crippen LogP contribution in [0.5, 0.6) is 0 Å². The molecule has 6 unspecified atom stereocenters. The molecule has 2 aromatic carbocycles. The Kier molecular flexibility index (Phi) is 4.62. The molecule has 42 heavy (non-hydrogen) atoms. The minimum Gasteiger partial charge on any atom is -0.273 e. The Balaban J connectivity index is 1.18. The van der Waals surface area contributed by atoms with Gasteiger partial charge >= 0.3 is 0 Å². The third kappa shape index (κ3) is 2.84. The van der Waals surface area contributed by atoms with Gasteiger partial charge in [-0.15, -0.1) is 0 Å². The summed E-state index contributed by atoms with van der Waals surface area (Å²) in [6.45, 7) is 0. The molecular weight excluding hydrogens is 524 g/mol. The molecule has 9 rings (SSSR count). The number of benzene rings is 2. The maximum atomic E-state index is 13.8. The number of rotatable bonds is 2. The molecule has 6 atom stereocenters. The van der Waals surface area contributed by atoms with Crippen LogP contribution >= 0.6 is 0 Å². The fourth-order valence-electron chi connectivity index (χ4n) is 8.27. The van der Waals surface area contributed by atoms with E-state index in [1.54, 1.807) is 24.3 Å². The molecule has 7 aliphatic rings. The molecule has 0 radical (unpaired) electrons. The average molecular weight is 549 g/mol. The normalized spacial score (nSPS) is 31.7. The van der Waals surface area contributed by atoms with Gasteiger partial charge in [0.1, 0.15) is 0 Å². The first kappa shape index (κ1) is 23.6. The van der Waals surface area contributed by atoms with E-state index in [2.05, 4.69) is 18.2 Å². The zero-order valence-electron chi connectivity index (χ0n) is 22.4. The van der Waals surface area contributed by atoms with Gasteiger partial charge in [-0.1, -0.05) is 85.0 Å². The van der Waals surface area contributed by atoms with Gasteiger partial charge in [0.25, 0.3) is 11.8 Å². The fraction of sp³-hybridized carbons (Fsp3) is 0.167. The second-order valence-electron chi connectivity index (χ2n) is 11.8. The van der Waals surface area contributed by atoms with E-state index in [9.17, 15) is 19.2 Å². The number of imide groups is 2. The zero-order valence-corrected chi connectivity index (χ0v) is 22.4. The van der Waals surface area contributed by atoms with Gasteiger partial charge in [0.15, 0.2) is 0 Å². The van der Waals surface area contributed by atoms with Crippen molar-refractivity contribution >= 4 is 35.0 Å². The quantitative estimate of drug-likeness (QED) is 0.391. The summed E-state index contributed by atoms with van der Waals surface area (Å²) < 4.78 is 0. The predicted molar refractivity (Wildman–Crippen MR) is 156 cm³/mol. The van der Waals surface area contributed by atoms with Crippen molar-refractivity contribution in [2.24, 2.45) is 35.5 Å². The first-order valence-electron chi connectivity index (χ1n) is 14.4. The van der Waals surface area contributed by atoms with Crippen LogP contribution in [0.3, 0.4) is 0 Å². The number of carbonyl (C=O) groups excluding carboxylic acids is 4. The van der Waals surface area contributed by atoms with Gasteiger partial charge in [-0.2, -0.15) is 0 Å². The monoisotopic (exact) mass is 548 g/mol. The summed E-state index contributed by atoms with van der Waals surface area (Å²) in [5, 5.41) is 0. The summed E-state index contributed by atoms with van der Waals surface area (Å²) in [5.41, 5.74) is 6.46. The largest absolute Gasteiger partial charge is 0.273 e. The molecule has 0 aromatic heterocycles. The smallest absolute Gasteiger partial charge is 0.265 e. The molecule has 4 amide bonds. The van der Waals surface area contributed by atoms with Gasteiger partial charge in [0.05, 0.1) is 23.2 Å². The standard InChI is InChI=1S/C36H24N2O4/c39-33-25-15-11-21-23-13-17-27-32-28(36(42)38(35(27)41)20-9-5-2-6-10-20)18-14-24(30(23)32)22-12-16-26(31(25)29(21)22)34(40)37(33)19-7-3-1-4-8-19/h1-18,21-22,25,28-29,32H. The van der Waals surface area contributed by atoms with E-state index in [1.165, 1.54) is 9.80 Å². The lowest BCUT2D eigenvalue weighted by Crippen LogP contribution is -2.54. The van der Waals surface area contributed by atoms with Crippen LogP contribution in [0.2, 0.25) is 0 Å². The van der Waals surface area contributed by atoms with Crippen LogP contribution in [0, 0.1) is 35.5 Å². The summed E-state index contributed by atoms with van der Waals surface area (Å²) in [7, 11) is 0. The highest BCUT2D eigenvalue weighted by atomic mass is 16.2. The number of anilines is 2. The topological polar surface area (TPSA) is 74.8 Å². The molecule has 2 aromatic rings. The highest BCUT2D eigenvalue weighted by molar-refractivity contribution is 6.27. The van der Waals surface area contributed by atoms with E-state index in [-0.39, 0.29) is 47.3 Å². The van der Waals surface area contributed by atoms with Gasteiger partial charge in [0.2, 0.25) is 11.8 Å². The molecule has 5 aliphatic carbocycles. The van der Waals surface area contributed by atoms with E-state index < -0.39 is 11.8 Å². The molecule has 202 valence electrons. The highest BCUT2D eigenvalue weighted by Gasteiger charge is 2.56. The third-order valence-electron chi connectivity index (χ3n) is 9.94. The number of allylic oxidation sites excluding steroid dienone is 8. The van der Waals surface area contributed by atoms with Gasteiger partial charge in [-0.05, 0) is 46.6 Å². The van der Waals surface area contributed by atoms with Crippen molar-refractivity contribution in [3.8, 4) is 0 Å².